The average Bonchev–Trinajstić information content (AvgIpc) is 2.42. The van der Waals surface area contributed by atoms with E-state index in [0.29, 0.717) is 18.4 Å². The summed E-state index contributed by atoms with van der Waals surface area (Å²) in [6, 6.07) is 7.34. The van der Waals surface area contributed by atoms with Crippen LogP contribution in [0.1, 0.15) is 44.6 Å². The molecule has 1 aromatic carbocycles. The Kier molecular flexibility index (Phi) is 5.74. The third-order valence-electron chi connectivity index (χ3n) is 4.35. The van der Waals surface area contributed by atoms with E-state index >= 15 is 0 Å². The second-order valence-corrected chi connectivity index (χ2v) is 5.69. The maximum Gasteiger partial charge on any atom is 0.223 e. The summed E-state index contributed by atoms with van der Waals surface area (Å²) >= 11 is 0. The molecule has 1 amide bonds. The molecule has 3 nitrogen and oxygen atoms in total. The number of rotatable bonds is 7. The van der Waals surface area contributed by atoms with Gasteiger partial charge in [-0.25, -0.2) is 4.39 Å². The minimum Gasteiger partial charge on any atom is -0.343 e. The lowest BCUT2D eigenvalue weighted by molar-refractivity contribution is -0.130. The largest absolute Gasteiger partial charge is 0.343 e. The smallest absolute Gasteiger partial charge is 0.223 e. The monoisotopic (exact) mass is 292 g/mol. The highest BCUT2D eigenvalue weighted by molar-refractivity contribution is 5.76. The fourth-order valence-electron chi connectivity index (χ4n) is 2.93. The maximum absolute atomic E-state index is 13.2. The molecule has 0 bridgehead atoms. The third kappa shape index (κ3) is 4.27. The lowest BCUT2D eigenvalue weighted by Gasteiger charge is -2.36. The lowest BCUT2D eigenvalue weighted by Crippen LogP contribution is -2.42. The van der Waals surface area contributed by atoms with E-state index in [2.05, 4.69) is 5.32 Å². The second kappa shape index (κ2) is 7.55. The molecule has 0 aromatic heterocycles. The standard InChI is InChI=1S/C17H25FN2O/c1-3-20(4-2)17(21)8-9-19-16-11-14(12-16)13-6-5-7-15(18)10-13/h5-7,10,14,16,19H,3-4,8-9,11-12H2,1-2H3. The summed E-state index contributed by atoms with van der Waals surface area (Å²) in [5, 5.41) is 3.43. The van der Waals surface area contributed by atoms with Crippen LogP contribution in [0, 0.1) is 5.82 Å². The van der Waals surface area contributed by atoms with Crippen molar-refractivity contribution in [3.05, 3.63) is 35.6 Å². The highest BCUT2D eigenvalue weighted by Gasteiger charge is 2.30. The van der Waals surface area contributed by atoms with Crippen LogP contribution < -0.4 is 5.32 Å². The zero-order valence-corrected chi connectivity index (χ0v) is 12.9. The van der Waals surface area contributed by atoms with E-state index < -0.39 is 0 Å². The number of benzene rings is 1. The molecule has 4 heteroatoms. The molecular formula is C17H25FN2O. The average molecular weight is 292 g/mol. The molecular weight excluding hydrogens is 267 g/mol. The normalized spacial score (nSPS) is 20.9. The predicted molar refractivity (Wildman–Crippen MR) is 82.7 cm³/mol. The van der Waals surface area contributed by atoms with Gasteiger partial charge in [-0.1, -0.05) is 12.1 Å². The van der Waals surface area contributed by atoms with Crippen molar-refractivity contribution in [2.45, 2.75) is 45.1 Å². The number of hydrogen-bond acceptors (Lipinski definition) is 2. The van der Waals surface area contributed by atoms with E-state index in [9.17, 15) is 9.18 Å². The van der Waals surface area contributed by atoms with Crippen LogP contribution in [0.15, 0.2) is 24.3 Å². The Morgan fingerprint density at radius 2 is 2.05 bits per heavy atom. The topological polar surface area (TPSA) is 32.3 Å². The summed E-state index contributed by atoms with van der Waals surface area (Å²) in [6.07, 6.45) is 2.62. The van der Waals surface area contributed by atoms with Crippen LogP contribution in [0.25, 0.3) is 0 Å². The van der Waals surface area contributed by atoms with E-state index in [1.54, 1.807) is 12.1 Å². The molecule has 0 heterocycles. The van der Waals surface area contributed by atoms with Gasteiger partial charge in [-0.3, -0.25) is 4.79 Å². The van der Waals surface area contributed by atoms with Crippen LogP contribution >= 0.6 is 0 Å². The molecule has 0 saturated heterocycles. The van der Waals surface area contributed by atoms with Gasteiger partial charge in [0.2, 0.25) is 5.91 Å². The van der Waals surface area contributed by atoms with E-state index in [1.165, 1.54) is 6.07 Å². The van der Waals surface area contributed by atoms with E-state index in [4.69, 9.17) is 0 Å². The summed E-state index contributed by atoms with van der Waals surface area (Å²) in [4.78, 5) is 13.7. The lowest BCUT2D eigenvalue weighted by atomic mass is 9.76. The minimum atomic E-state index is -0.159. The van der Waals surface area contributed by atoms with Crippen LogP contribution in [0.4, 0.5) is 4.39 Å². The summed E-state index contributed by atoms with van der Waals surface area (Å²) in [5.74, 6) is 0.513. The van der Waals surface area contributed by atoms with Crippen molar-refractivity contribution in [3.63, 3.8) is 0 Å². The Hall–Kier alpha value is -1.42. The number of hydrogen-bond donors (Lipinski definition) is 1. The molecule has 0 aliphatic heterocycles. The van der Waals surface area contributed by atoms with E-state index in [1.807, 2.05) is 24.8 Å². The van der Waals surface area contributed by atoms with Gasteiger partial charge >= 0.3 is 0 Å². The van der Waals surface area contributed by atoms with Gasteiger partial charge < -0.3 is 10.2 Å². The molecule has 1 aliphatic carbocycles. The molecule has 21 heavy (non-hydrogen) atoms. The van der Waals surface area contributed by atoms with E-state index in [-0.39, 0.29) is 11.7 Å². The molecule has 1 saturated carbocycles. The van der Waals surface area contributed by atoms with Gasteiger partial charge in [-0.2, -0.15) is 0 Å². The molecule has 116 valence electrons. The molecule has 1 fully saturated rings. The number of nitrogens with one attached hydrogen (secondary N) is 1. The van der Waals surface area contributed by atoms with Crippen molar-refractivity contribution in [1.29, 1.82) is 0 Å². The van der Waals surface area contributed by atoms with Crippen molar-refractivity contribution in [3.8, 4) is 0 Å². The van der Waals surface area contributed by atoms with Crippen LogP contribution in [-0.2, 0) is 4.79 Å². The van der Waals surface area contributed by atoms with Crippen LogP contribution in [0.5, 0.6) is 0 Å². The van der Waals surface area contributed by atoms with Crippen molar-refractivity contribution in [1.82, 2.24) is 10.2 Å². The summed E-state index contributed by atoms with van der Waals surface area (Å²) in [6.45, 7) is 6.30. The van der Waals surface area contributed by atoms with Crippen LogP contribution in [-0.4, -0.2) is 36.5 Å². The van der Waals surface area contributed by atoms with Gasteiger partial charge in [0.25, 0.3) is 0 Å². The first kappa shape index (κ1) is 16.0. The van der Waals surface area contributed by atoms with Gasteiger partial charge in [0.05, 0.1) is 0 Å². The molecule has 0 unspecified atom stereocenters. The third-order valence-corrected chi connectivity index (χ3v) is 4.35. The van der Waals surface area contributed by atoms with Gasteiger partial charge in [-0.15, -0.1) is 0 Å². The molecule has 1 N–H and O–H groups in total. The first-order valence-corrected chi connectivity index (χ1v) is 7.90. The van der Waals surface area contributed by atoms with Gasteiger partial charge in [0, 0.05) is 32.1 Å². The van der Waals surface area contributed by atoms with Crippen molar-refractivity contribution in [2.24, 2.45) is 0 Å². The maximum atomic E-state index is 13.2. The summed E-state index contributed by atoms with van der Waals surface area (Å²) < 4.78 is 13.2. The number of carbonyl (C=O) groups excluding carboxylic acids is 1. The minimum absolute atomic E-state index is 0.159. The Balaban J connectivity index is 1.66. The van der Waals surface area contributed by atoms with Crippen molar-refractivity contribution < 1.29 is 9.18 Å². The van der Waals surface area contributed by atoms with Gasteiger partial charge in [0.15, 0.2) is 0 Å². The number of halogens is 1. The van der Waals surface area contributed by atoms with Gasteiger partial charge in [0.1, 0.15) is 5.82 Å². The zero-order chi connectivity index (χ0) is 15.2. The SMILES string of the molecule is CCN(CC)C(=O)CCNC1CC(c2cccc(F)c2)C1. The van der Waals surface area contributed by atoms with E-state index in [0.717, 1.165) is 38.0 Å². The van der Waals surface area contributed by atoms with Crippen LogP contribution in [0.2, 0.25) is 0 Å². The first-order chi connectivity index (χ1) is 10.1. The Morgan fingerprint density at radius 1 is 1.33 bits per heavy atom. The highest BCUT2D eigenvalue weighted by atomic mass is 19.1. The first-order valence-electron chi connectivity index (χ1n) is 7.90. The Labute approximate surface area is 126 Å². The molecule has 1 aromatic rings. The number of amides is 1. The number of carbonyl (C=O) groups is 1. The fourth-order valence-corrected chi connectivity index (χ4v) is 2.93. The Morgan fingerprint density at radius 3 is 2.67 bits per heavy atom. The fraction of sp³-hybridized carbons (Fsp3) is 0.588. The molecule has 2 rings (SSSR count). The second-order valence-electron chi connectivity index (χ2n) is 5.69. The highest BCUT2D eigenvalue weighted by Crippen LogP contribution is 2.36. The zero-order valence-electron chi connectivity index (χ0n) is 12.9. The van der Waals surface area contributed by atoms with Crippen molar-refractivity contribution >= 4 is 5.91 Å². The molecule has 0 atom stereocenters. The molecule has 0 spiro atoms. The Bertz CT molecular complexity index is 468. The molecule has 0 radical (unpaired) electrons. The number of nitrogens with zero attached hydrogens (tertiary/aromatic N) is 1. The van der Waals surface area contributed by atoms with Crippen LogP contribution in [0.3, 0.4) is 0 Å². The summed E-state index contributed by atoms with van der Waals surface area (Å²) in [5.41, 5.74) is 1.09. The van der Waals surface area contributed by atoms with Crippen molar-refractivity contribution in [2.75, 3.05) is 19.6 Å². The quantitative estimate of drug-likeness (QED) is 0.838. The summed E-state index contributed by atoms with van der Waals surface area (Å²) in [7, 11) is 0. The molecule has 1 aliphatic rings. The van der Waals surface area contributed by atoms with Gasteiger partial charge in [-0.05, 0) is 50.3 Å². The predicted octanol–water partition coefficient (Wildman–Crippen LogP) is 2.92.